The lowest BCUT2D eigenvalue weighted by molar-refractivity contribution is -0.123. The Morgan fingerprint density at radius 2 is 1.72 bits per heavy atom. The van der Waals surface area contributed by atoms with Crippen LogP contribution in [0.1, 0.15) is 68.3 Å². The van der Waals surface area contributed by atoms with Crippen LogP contribution >= 0.6 is 0 Å². The standard InChI is InChI=1S/C17H31N3O2.CH2O2/c1-15-14-20(2)17(18)19-16(21)12-10-8-6-4-3-5-7-9-11-13-22-15;2-1-3/h1,3-14H2,2H3,(H2,18,19,21);1H,(H,2,3)/i2D3;. The molecule has 7 heteroatoms. The fourth-order valence-corrected chi connectivity index (χ4v) is 2.40. The fraction of sp³-hybridized carbons (Fsp3) is 0.722. The number of hydrogen-bond donors (Lipinski definition) is 3. The first-order valence-electron chi connectivity index (χ1n) is 10.3. The lowest BCUT2D eigenvalue weighted by Gasteiger charge is -2.21. The third kappa shape index (κ3) is 14.0. The van der Waals surface area contributed by atoms with E-state index in [-0.39, 0.29) is 24.7 Å². The lowest BCUT2D eigenvalue weighted by atomic mass is 10.1. The Kier molecular flexibility index (Phi) is 11.0. The third-order valence-electron chi connectivity index (χ3n) is 3.72. The molecule has 1 amide bonds. The van der Waals surface area contributed by atoms with Crippen LogP contribution in [-0.4, -0.2) is 48.5 Å². The Labute approximate surface area is 155 Å². The number of carboxylic acid groups (broad SMARTS) is 1. The molecule has 0 unspecified atom stereocenters. The Balaban J connectivity index is 0.00000227. The van der Waals surface area contributed by atoms with Crippen LogP contribution in [0.4, 0.5) is 0 Å². The second-order valence-corrected chi connectivity index (χ2v) is 5.91. The van der Waals surface area contributed by atoms with Crippen LogP contribution in [0.25, 0.3) is 0 Å². The van der Waals surface area contributed by atoms with E-state index < -0.39 is 12.9 Å². The molecule has 0 aromatic rings. The van der Waals surface area contributed by atoms with E-state index in [1.165, 1.54) is 25.7 Å². The summed E-state index contributed by atoms with van der Waals surface area (Å²) in [6, 6.07) is 0. The fourth-order valence-electron chi connectivity index (χ4n) is 2.40. The summed E-state index contributed by atoms with van der Waals surface area (Å²) in [5.41, 5.74) is 0. The van der Waals surface area contributed by atoms with Gasteiger partial charge >= 0.3 is 0 Å². The van der Waals surface area contributed by atoms with Crippen molar-refractivity contribution < 1.29 is 23.5 Å². The van der Waals surface area contributed by atoms with E-state index >= 15 is 0 Å². The van der Waals surface area contributed by atoms with Crippen molar-refractivity contribution in [1.82, 2.24) is 10.2 Å². The molecule has 1 heterocycles. The molecule has 144 valence electrons. The molecule has 0 aromatic carbocycles. The third-order valence-corrected chi connectivity index (χ3v) is 3.72. The predicted octanol–water partition coefficient (Wildman–Crippen LogP) is 3.11. The zero-order valence-electron chi connectivity index (χ0n) is 17.9. The minimum Gasteiger partial charge on any atom is -0.497 e. The van der Waals surface area contributed by atoms with Crippen molar-refractivity contribution in [3.05, 3.63) is 12.3 Å². The van der Waals surface area contributed by atoms with Crippen LogP contribution in [0.5, 0.6) is 0 Å². The van der Waals surface area contributed by atoms with Crippen LogP contribution in [0, 0.1) is 5.41 Å². The lowest BCUT2D eigenvalue weighted by Crippen LogP contribution is -2.42. The zero-order chi connectivity index (χ0) is 21.4. The maximum atomic E-state index is 11.9. The van der Waals surface area contributed by atoms with Crippen molar-refractivity contribution in [3.8, 4) is 0 Å². The van der Waals surface area contributed by atoms with E-state index in [0.29, 0.717) is 13.0 Å². The van der Waals surface area contributed by atoms with Crippen molar-refractivity contribution >= 4 is 18.3 Å². The minimum atomic E-state index is -2.54. The Bertz CT molecular complexity index is 499. The molecule has 0 aromatic heterocycles. The SMILES string of the molecule is O=CO.[2H]C([2H])([2H])N1CC(=C)OCCCCCCCCCCCC(=O)NC1=N. The summed E-state index contributed by atoms with van der Waals surface area (Å²) in [5.74, 6) is -0.473. The molecule has 1 aliphatic heterocycles. The van der Waals surface area contributed by atoms with Crippen molar-refractivity contribution in [1.29, 1.82) is 5.41 Å². The first-order chi connectivity index (χ1) is 13.2. The highest BCUT2D eigenvalue weighted by Crippen LogP contribution is 2.11. The van der Waals surface area contributed by atoms with Gasteiger partial charge in [-0.05, 0) is 12.8 Å². The van der Waals surface area contributed by atoms with Gasteiger partial charge in [-0.1, -0.05) is 51.5 Å². The second-order valence-electron chi connectivity index (χ2n) is 5.91. The molecular formula is C18H33N3O4. The van der Waals surface area contributed by atoms with Crippen molar-refractivity contribution in [2.75, 3.05) is 20.1 Å². The summed E-state index contributed by atoms with van der Waals surface area (Å²) in [6.07, 6.45) is 9.91. The van der Waals surface area contributed by atoms with Gasteiger partial charge in [0, 0.05) is 17.5 Å². The molecule has 3 N–H and O–H groups in total. The summed E-state index contributed by atoms with van der Waals surface area (Å²) < 4.78 is 28.2. The first-order valence-corrected chi connectivity index (χ1v) is 8.76. The van der Waals surface area contributed by atoms with Gasteiger partial charge in [0.15, 0.2) is 5.96 Å². The number of amides is 1. The number of hydrogen-bond acceptors (Lipinski definition) is 4. The number of rotatable bonds is 0. The van der Waals surface area contributed by atoms with Gasteiger partial charge < -0.3 is 14.7 Å². The first kappa shape index (κ1) is 17.8. The van der Waals surface area contributed by atoms with Crippen LogP contribution < -0.4 is 5.32 Å². The second kappa shape index (κ2) is 15.5. The average molecular weight is 358 g/mol. The smallest absolute Gasteiger partial charge is 0.290 e. The van der Waals surface area contributed by atoms with Crippen molar-refractivity contribution in [2.24, 2.45) is 0 Å². The quantitative estimate of drug-likeness (QED) is 0.577. The number of nitrogens with one attached hydrogen (secondary N) is 2. The van der Waals surface area contributed by atoms with E-state index in [9.17, 15) is 4.79 Å². The summed E-state index contributed by atoms with van der Waals surface area (Å²) in [6.45, 7) is 1.30. The molecule has 0 aliphatic carbocycles. The van der Waals surface area contributed by atoms with Gasteiger partial charge in [-0.15, -0.1) is 0 Å². The summed E-state index contributed by atoms with van der Waals surface area (Å²) in [4.78, 5) is 21.1. The number of nitrogens with zero attached hydrogens (tertiary/aromatic N) is 1. The minimum absolute atomic E-state index is 0.143. The van der Waals surface area contributed by atoms with Crippen LogP contribution in [0.2, 0.25) is 0 Å². The highest BCUT2D eigenvalue weighted by Gasteiger charge is 2.10. The highest BCUT2D eigenvalue weighted by molar-refractivity contribution is 5.95. The molecular weight excluding hydrogens is 322 g/mol. The van der Waals surface area contributed by atoms with Crippen molar-refractivity contribution in [3.63, 3.8) is 0 Å². The van der Waals surface area contributed by atoms with E-state index in [4.69, 9.17) is 24.2 Å². The topological polar surface area (TPSA) is 103 Å². The van der Waals surface area contributed by atoms with E-state index in [1.807, 2.05) is 0 Å². The monoisotopic (exact) mass is 358 g/mol. The largest absolute Gasteiger partial charge is 0.497 e. The van der Waals surface area contributed by atoms with E-state index in [1.54, 1.807) is 0 Å². The summed E-state index contributed by atoms with van der Waals surface area (Å²) >= 11 is 0. The number of guanidine groups is 1. The predicted molar refractivity (Wildman–Crippen MR) is 98.5 cm³/mol. The van der Waals surface area contributed by atoms with Crippen LogP contribution in [0.15, 0.2) is 12.3 Å². The Hall–Kier alpha value is -2.05. The summed E-state index contributed by atoms with van der Waals surface area (Å²) in [5, 5.41) is 17.2. The molecule has 1 saturated heterocycles. The van der Waals surface area contributed by atoms with Gasteiger partial charge in [0.2, 0.25) is 5.91 Å². The van der Waals surface area contributed by atoms with Gasteiger partial charge in [0.1, 0.15) is 5.76 Å². The van der Waals surface area contributed by atoms with Gasteiger partial charge in [-0.2, -0.15) is 0 Å². The molecule has 25 heavy (non-hydrogen) atoms. The van der Waals surface area contributed by atoms with E-state index in [0.717, 1.165) is 37.0 Å². The number of ether oxygens (including phenoxy) is 1. The van der Waals surface area contributed by atoms with Gasteiger partial charge in [0.05, 0.1) is 13.2 Å². The average Bonchev–Trinajstić information content (AvgIpc) is 2.59. The van der Waals surface area contributed by atoms with Crippen LogP contribution in [0.3, 0.4) is 0 Å². The number of likely N-dealkylation sites (N-methyl/N-ethyl adjacent to an activating group) is 1. The normalized spacial score (nSPS) is 21.7. The molecule has 1 fully saturated rings. The molecule has 0 spiro atoms. The summed E-state index contributed by atoms with van der Waals surface area (Å²) in [7, 11) is 0. The molecule has 7 nitrogen and oxygen atoms in total. The van der Waals surface area contributed by atoms with Gasteiger partial charge in [-0.25, -0.2) is 0 Å². The zero-order valence-corrected chi connectivity index (χ0v) is 14.9. The number of carbonyl (C=O) groups is 2. The molecule has 0 saturated carbocycles. The molecule has 1 aliphatic rings. The Morgan fingerprint density at radius 3 is 2.28 bits per heavy atom. The van der Waals surface area contributed by atoms with Crippen molar-refractivity contribution in [2.45, 2.75) is 64.2 Å². The maximum Gasteiger partial charge on any atom is 0.290 e. The van der Waals surface area contributed by atoms with Gasteiger partial charge in [0.25, 0.3) is 6.47 Å². The maximum absolute atomic E-state index is 11.9. The van der Waals surface area contributed by atoms with Gasteiger partial charge in [-0.3, -0.25) is 20.3 Å². The molecule has 0 radical (unpaired) electrons. The van der Waals surface area contributed by atoms with E-state index in [2.05, 4.69) is 11.9 Å². The van der Waals surface area contributed by atoms with Crippen LogP contribution in [-0.2, 0) is 14.3 Å². The highest BCUT2D eigenvalue weighted by atomic mass is 16.5. The number of carbonyl (C=O) groups excluding carboxylic acids is 1. The molecule has 0 atom stereocenters. The molecule has 0 bridgehead atoms. The molecule has 1 rings (SSSR count). The Morgan fingerprint density at radius 1 is 1.20 bits per heavy atom.